The Bertz CT molecular complexity index is 584. The average Bonchev–Trinajstić information content (AvgIpc) is 2.47. The van der Waals surface area contributed by atoms with E-state index in [1.54, 1.807) is 30.5 Å². The summed E-state index contributed by atoms with van der Waals surface area (Å²) in [5.41, 5.74) is 1.52. The Morgan fingerprint density at radius 3 is 2.75 bits per heavy atom. The maximum absolute atomic E-state index is 10.9. The van der Waals surface area contributed by atoms with Crippen LogP contribution >= 0.6 is 0 Å². The van der Waals surface area contributed by atoms with E-state index in [9.17, 15) is 10.1 Å². The normalized spacial score (nSPS) is 10.1. The summed E-state index contributed by atoms with van der Waals surface area (Å²) in [6.07, 6.45) is 1.64. The largest absolute Gasteiger partial charge is 0.478 e. The second-order valence-electron chi connectivity index (χ2n) is 4.06. The van der Waals surface area contributed by atoms with Crippen LogP contribution in [0.2, 0.25) is 0 Å². The molecule has 0 unspecified atom stereocenters. The van der Waals surface area contributed by atoms with E-state index in [4.69, 9.17) is 4.74 Å². The molecule has 1 aromatic heterocycles. The molecular formula is C14H15N3O3. The van der Waals surface area contributed by atoms with Crippen LogP contribution in [-0.2, 0) is 6.54 Å². The van der Waals surface area contributed by atoms with Crippen LogP contribution in [0.3, 0.4) is 0 Å². The topological polar surface area (TPSA) is 77.3 Å². The number of para-hydroxylation sites is 1. The summed E-state index contributed by atoms with van der Waals surface area (Å²) >= 11 is 0. The zero-order valence-corrected chi connectivity index (χ0v) is 11.1. The highest BCUT2D eigenvalue weighted by molar-refractivity contribution is 5.46. The minimum atomic E-state index is -0.381. The summed E-state index contributed by atoms with van der Waals surface area (Å²) < 4.78 is 5.25. The van der Waals surface area contributed by atoms with Gasteiger partial charge in [0.2, 0.25) is 5.88 Å². The second-order valence-corrected chi connectivity index (χ2v) is 4.06. The molecule has 1 N–H and O–H groups in total. The van der Waals surface area contributed by atoms with Gasteiger partial charge < -0.3 is 10.1 Å². The van der Waals surface area contributed by atoms with Gasteiger partial charge in [0.25, 0.3) is 5.69 Å². The lowest BCUT2D eigenvalue weighted by molar-refractivity contribution is -0.385. The molecule has 2 rings (SSSR count). The van der Waals surface area contributed by atoms with Crippen molar-refractivity contribution >= 4 is 11.4 Å². The zero-order chi connectivity index (χ0) is 14.4. The Morgan fingerprint density at radius 2 is 2.10 bits per heavy atom. The number of nitrogens with one attached hydrogen (secondary N) is 1. The highest BCUT2D eigenvalue weighted by Crippen LogP contribution is 2.19. The van der Waals surface area contributed by atoms with Crippen LogP contribution in [0.5, 0.6) is 5.88 Å². The number of nitrogens with zero attached hydrogens (tertiary/aromatic N) is 2. The standard InChI is InChI=1S/C14H15N3O3/c1-2-20-14-8-7-12(10-16-14)15-9-11-5-3-4-6-13(11)17(18)19/h3-8,10,15H,2,9H2,1H3. The van der Waals surface area contributed by atoms with E-state index < -0.39 is 0 Å². The average molecular weight is 273 g/mol. The Hall–Kier alpha value is -2.63. The van der Waals surface area contributed by atoms with Crippen molar-refractivity contribution in [3.63, 3.8) is 0 Å². The molecule has 0 aliphatic heterocycles. The fraction of sp³-hybridized carbons (Fsp3) is 0.214. The van der Waals surface area contributed by atoms with E-state index in [0.29, 0.717) is 24.6 Å². The van der Waals surface area contributed by atoms with Crippen molar-refractivity contribution in [2.45, 2.75) is 13.5 Å². The number of aromatic nitrogens is 1. The molecule has 1 heterocycles. The third kappa shape index (κ3) is 3.44. The molecule has 0 amide bonds. The summed E-state index contributed by atoms with van der Waals surface area (Å²) in [5, 5.41) is 14.0. The summed E-state index contributed by atoms with van der Waals surface area (Å²) in [7, 11) is 0. The van der Waals surface area contributed by atoms with Crippen LogP contribution in [0.15, 0.2) is 42.6 Å². The molecule has 0 atom stereocenters. The molecule has 0 bridgehead atoms. The van der Waals surface area contributed by atoms with Gasteiger partial charge >= 0.3 is 0 Å². The Kier molecular flexibility index (Phi) is 4.49. The van der Waals surface area contributed by atoms with Gasteiger partial charge in [-0.05, 0) is 13.0 Å². The molecule has 104 valence electrons. The van der Waals surface area contributed by atoms with Gasteiger partial charge in [-0.25, -0.2) is 4.98 Å². The maximum Gasteiger partial charge on any atom is 0.274 e. The van der Waals surface area contributed by atoms with E-state index in [1.165, 1.54) is 6.07 Å². The SMILES string of the molecule is CCOc1ccc(NCc2ccccc2[N+](=O)[O-])cn1. The van der Waals surface area contributed by atoms with E-state index >= 15 is 0 Å². The van der Waals surface area contributed by atoms with Crippen molar-refractivity contribution in [1.82, 2.24) is 4.98 Å². The van der Waals surface area contributed by atoms with E-state index in [2.05, 4.69) is 10.3 Å². The Labute approximate surface area is 116 Å². The van der Waals surface area contributed by atoms with Crippen LogP contribution in [0.25, 0.3) is 0 Å². The molecule has 20 heavy (non-hydrogen) atoms. The number of nitro groups is 1. The molecule has 2 aromatic rings. The van der Waals surface area contributed by atoms with E-state index in [-0.39, 0.29) is 10.6 Å². The van der Waals surface area contributed by atoms with Gasteiger partial charge in [-0.15, -0.1) is 0 Å². The molecule has 0 aliphatic rings. The predicted molar refractivity (Wildman–Crippen MR) is 75.8 cm³/mol. The van der Waals surface area contributed by atoms with Gasteiger partial charge in [-0.2, -0.15) is 0 Å². The first-order valence-corrected chi connectivity index (χ1v) is 6.25. The molecule has 1 aromatic carbocycles. The summed E-state index contributed by atoms with van der Waals surface area (Å²) in [6.45, 7) is 2.82. The van der Waals surface area contributed by atoms with Gasteiger partial charge in [0, 0.05) is 24.2 Å². The lowest BCUT2D eigenvalue weighted by atomic mass is 10.2. The predicted octanol–water partition coefficient (Wildman–Crippen LogP) is 3.00. The van der Waals surface area contributed by atoms with Gasteiger partial charge in [0.05, 0.1) is 23.4 Å². The smallest absolute Gasteiger partial charge is 0.274 e. The van der Waals surface area contributed by atoms with Crippen molar-refractivity contribution in [3.05, 3.63) is 58.3 Å². The van der Waals surface area contributed by atoms with Gasteiger partial charge in [-0.1, -0.05) is 18.2 Å². The van der Waals surface area contributed by atoms with Crippen LogP contribution in [0.4, 0.5) is 11.4 Å². The number of nitro benzene ring substituents is 1. The van der Waals surface area contributed by atoms with Gasteiger partial charge in [0.1, 0.15) is 0 Å². The van der Waals surface area contributed by atoms with Crippen LogP contribution in [0.1, 0.15) is 12.5 Å². The first kappa shape index (κ1) is 13.8. The van der Waals surface area contributed by atoms with Gasteiger partial charge in [0.15, 0.2) is 0 Å². The second kappa shape index (κ2) is 6.51. The third-order valence-corrected chi connectivity index (χ3v) is 2.70. The molecule has 0 saturated heterocycles. The maximum atomic E-state index is 10.9. The number of anilines is 1. The fourth-order valence-corrected chi connectivity index (χ4v) is 1.75. The van der Waals surface area contributed by atoms with Crippen molar-refractivity contribution in [3.8, 4) is 5.88 Å². The molecule has 0 spiro atoms. The molecule has 6 nitrogen and oxygen atoms in total. The van der Waals surface area contributed by atoms with Crippen LogP contribution in [0, 0.1) is 10.1 Å². The molecule has 0 saturated carbocycles. The highest BCUT2D eigenvalue weighted by Gasteiger charge is 2.11. The molecule has 6 heteroatoms. The minimum Gasteiger partial charge on any atom is -0.478 e. The number of hydrogen-bond acceptors (Lipinski definition) is 5. The Balaban J connectivity index is 2.03. The quantitative estimate of drug-likeness (QED) is 0.646. The third-order valence-electron chi connectivity index (χ3n) is 2.70. The summed E-state index contributed by atoms with van der Waals surface area (Å²) in [4.78, 5) is 14.6. The lowest BCUT2D eigenvalue weighted by Gasteiger charge is -2.07. The first-order chi connectivity index (χ1) is 9.70. The number of pyridine rings is 1. The number of hydrogen-bond donors (Lipinski definition) is 1. The highest BCUT2D eigenvalue weighted by atomic mass is 16.6. The first-order valence-electron chi connectivity index (χ1n) is 6.25. The summed E-state index contributed by atoms with van der Waals surface area (Å²) in [5.74, 6) is 0.559. The summed E-state index contributed by atoms with van der Waals surface area (Å²) in [6, 6.07) is 10.2. The minimum absolute atomic E-state index is 0.110. The molecule has 0 radical (unpaired) electrons. The lowest BCUT2D eigenvalue weighted by Crippen LogP contribution is -2.03. The number of ether oxygens (including phenoxy) is 1. The van der Waals surface area contributed by atoms with Gasteiger partial charge in [-0.3, -0.25) is 10.1 Å². The van der Waals surface area contributed by atoms with Crippen LogP contribution in [-0.4, -0.2) is 16.5 Å². The van der Waals surface area contributed by atoms with Crippen molar-refractivity contribution in [2.75, 3.05) is 11.9 Å². The Morgan fingerprint density at radius 1 is 1.30 bits per heavy atom. The number of benzene rings is 1. The zero-order valence-electron chi connectivity index (χ0n) is 11.1. The number of rotatable bonds is 6. The molecule has 0 aliphatic carbocycles. The fourth-order valence-electron chi connectivity index (χ4n) is 1.75. The van der Waals surface area contributed by atoms with E-state index in [1.807, 2.05) is 13.0 Å². The monoisotopic (exact) mass is 273 g/mol. The van der Waals surface area contributed by atoms with E-state index in [0.717, 1.165) is 5.69 Å². The van der Waals surface area contributed by atoms with Crippen molar-refractivity contribution in [1.29, 1.82) is 0 Å². The van der Waals surface area contributed by atoms with Crippen molar-refractivity contribution < 1.29 is 9.66 Å². The molecular weight excluding hydrogens is 258 g/mol. The molecule has 0 fully saturated rings. The van der Waals surface area contributed by atoms with Crippen molar-refractivity contribution in [2.24, 2.45) is 0 Å². The van der Waals surface area contributed by atoms with Crippen LogP contribution < -0.4 is 10.1 Å².